The van der Waals surface area contributed by atoms with Gasteiger partial charge in [-0.05, 0) is 31.5 Å². The van der Waals surface area contributed by atoms with Crippen LogP contribution < -0.4 is 10.5 Å². The Morgan fingerprint density at radius 1 is 1.24 bits per heavy atom. The van der Waals surface area contributed by atoms with E-state index in [1.54, 1.807) is 0 Å². The molecule has 1 aromatic rings. The van der Waals surface area contributed by atoms with Crippen molar-refractivity contribution in [2.75, 3.05) is 5.32 Å². The highest BCUT2D eigenvalue weighted by Gasteiger charge is 2.29. The molecule has 114 valence electrons. The van der Waals surface area contributed by atoms with E-state index in [0.29, 0.717) is 0 Å². The number of anilines is 1. The molecular formula is C15H23BN2O3. The lowest BCUT2D eigenvalue weighted by atomic mass is 9.90. The van der Waals surface area contributed by atoms with Crippen LogP contribution in [0.3, 0.4) is 0 Å². The largest absolute Gasteiger partial charge is 0.446 e. The number of rotatable bonds is 6. The molecule has 1 amide bonds. The molecule has 5 nitrogen and oxygen atoms in total. The zero-order valence-electron chi connectivity index (χ0n) is 13.3. The minimum atomic E-state index is -0.617. The molecule has 0 saturated heterocycles. The Morgan fingerprint density at radius 2 is 1.81 bits per heavy atom. The van der Waals surface area contributed by atoms with Crippen molar-refractivity contribution in [3.8, 4) is 0 Å². The highest BCUT2D eigenvalue weighted by Crippen LogP contribution is 2.20. The van der Waals surface area contributed by atoms with E-state index >= 15 is 0 Å². The van der Waals surface area contributed by atoms with Crippen LogP contribution in [-0.4, -0.2) is 25.4 Å². The maximum atomic E-state index is 12.1. The monoisotopic (exact) mass is 290 g/mol. The van der Waals surface area contributed by atoms with E-state index in [9.17, 15) is 9.59 Å². The molecular weight excluding hydrogens is 267 g/mol. The summed E-state index contributed by atoms with van der Waals surface area (Å²) in [4.78, 5) is 23.1. The number of hydrogen-bond acceptors (Lipinski definition) is 4. The highest BCUT2D eigenvalue weighted by molar-refractivity contribution is 6.12. The van der Waals surface area contributed by atoms with Gasteiger partial charge < -0.3 is 15.3 Å². The number of Topliss-reactive ketones (excluding diaryl/α,β-unsaturated/α-hetero) is 1. The molecule has 0 bridgehead atoms. The summed E-state index contributed by atoms with van der Waals surface area (Å²) in [7, 11) is 1.52. The summed E-state index contributed by atoms with van der Waals surface area (Å²) < 4.78 is 4.96. The lowest BCUT2D eigenvalue weighted by molar-refractivity contribution is -0.125. The van der Waals surface area contributed by atoms with Gasteiger partial charge in [0.15, 0.2) is 5.78 Å². The Hall–Kier alpha value is -1.98. The summed E-state index contributed by atoms with van der Waals surface area (Å²) in [6.07, 6.45) is -0.458. The minimum absolute atomic E-state index is 0.0206. The van der Waals surface area contributed by atoms with Crippen LogP contribution in [0.1, 0.15) is 33.3 Å². The molecule has 0 radical (unpaired) electrons. The summed E-state index contributed by atoms with van der Waals surface area (Å²) in [5.74, 6) is 0.141. The fraction of sp³-hybridized carbons (Fsp3) is 0.467. The van der Waals surface area contributed by atoms with Gasteiger partial charge in [-0.1, -0.05) is 26.0 Å². The third-order valence-corrected chi connectivity index (χ3v) is 3.13. The first-order valence-electron chi connectivity index (χ1n) is 7.02. The Morgan fingerprint density at radius 3 is 2.29 bits per heavy atom. The normalized spacial score (nSPS) is 11.1. The highest BCUT2D eigenvalue weighted by atomic mass is 16.5. The Bertz CT molecular complexity index is 498. The molecule has 0 heterocycles. The third kappa shape index (κ3) is 5.13. The average Bonchev–Trinajstić information content (AvgIpc) is 2.44. The molecule has 0 atom stereocenters. The van der Waals surface area contributed by atoms with Gasteiger partial charge in [0.05, 0.1) is 5.54 Å². The van der Waals surface area contributed by atoms with Crippen LogP contribution in [0.15, 0.2) is 24.3 Å². The second-order valence-electron chi connectivity index (χ2n) is 5.79. The SMILES string of the molecule is BNC(=O)OCc1ccc(NC(C)(C)C(=O)C(C)C)cc1. The zero-order chi connectivity index (χ0) is 16.0. The van der Waals surface area contributed by atoms with Gasteiger partial charge in [0.1, 0.15) is 6.61 Å². The maximum absolute atomic E-state index is 12.1. The van der Waals surface area contributed by atoms with Crippen LogP contribution in [0.25, 0.3) is 0 Å². The van der Waals surface area contributed by atoms with E-state index in [4.69, 9.17) is 4.74 Å². The second-order valence-corrected chi connectivity index (χ2v) is 5.79. The second kappa shape index (κ2) is 7.15. The topological polar surface area (TPSA) is 67.4 Å². The number of carbonyl (C=O) groups is 2. The van der Waals surface area contributed by atoms with E-state index in [1.165, 1.54) is 7.98 Å². The fourth-order valence-electron chi connectivity index (χ4n) is 2.05. The van der Waals surface area contributed by atoms with Gasteiger partial charge >= 0.3 is 6.09 Å². The number of ketones is 1. The summed E-state index contributed by atoms with van der Waals surface area (Å²) >= 11 is 0. The fourth-order valence-corrected chi connectivity index (χ4v) is 2.05. The van der Waals surface area contributed by atoms with Crippen LogP contribution in [0.2, 0.25) is 0 Å². The van der Waals surface area contributed by atoms with Crippen LogP contribution in [0.5, 0.6) is 0 Å². The molecule has 0 fully saturated rings. The summed E-state index contributed by atoms with van der Waals surface area (Å²) in [6.45, 7) is 7.75. The molecule has 1 rings (SSSR count). The lowest BCUT2D eigenvalue weighted by Gasteiger charge is -2.28. The Kier molecular flexibility index (Phi) is 5.82. The van der Waals surface area contributed by atoms with Crippen LogP contribution in [-0.2, 0) is 16.1 Å². The van der Waals surface area contributed by atoms with Gasteiger partial charge in [-0.3, -0.25) is 4.79 Å². The van der Waals surface area contributed by atoms with Crippen LogP contribution in [0.4, 0.5) is 10.5 Å². The van der Waals surface area contributed by atoms with Gasteiger partial charge in [-0.15, -0.1) is 0 Å². The van der Waals surface area contributed by atoms with E-state index < -0.39 is 11.6 Å². The Labute approximate surface area is 126 Å². The summed E-state index contributed by atoms with van der Waals surface area (Å²) in [5.41, 5.74) is 1.13. The third-order valence-electron chi connectivity index (χ3n) is 3.13. The lowest BCUT2D eigenvalue weighted by Crippen LogP contribution is -2.42. The van der Waals surface area contributed by atoms with E-state index in [2.05, 4.69) is 10.5 Å². The molecule has 0 aliphatic carbocycles. The average molecular weight is 290 g/mol. The van der Waals surface area contributed by atoms with E-state index in [0.717, 1.165) is 11.3 Å². The van der Waals surface area contributed by atoms with Crippen LogP contribution in [0, 0.1) is 5.92 Å². The molecule has 0 unspecified atom stereocenters. The van der Waals surface area contributed by atoms with E-state index in [1.807, 2.05) is 52.0 Å². The Balaban J connectivity index is 2.66. The predicted octanol–water partition coefficient (Wildman–Crippen LogP) is 1.88. The smallest absolute Gasteiger partial charge is 0.394 e. The van der Waals surface area contributed by atoms with Crippen molar-refractivity contribution >= 4 is 25.5 Å². The van der Waals surface area contributed by atoms with Crippen molar-refractivity contribution in [1.82, 2.24) is 5.23 Å². The maximum Gasteiger partial charge on any atom is 0.394 e. The predicted molar refractivity (Wildman–Crippen MR) is 85.9 cm³/mol. The molecule has 0 spiro atoms. The molecule has 21 heavy (non-hydrogen) atoms. The van der Waals surface area contributed by atoms with Gasteiger partial charge in [-0.25, -0.2) is 4.79 Å². The number of hydrogen-bond donors (Lipinski definition) is 2. The standard InChI is InChI=1S/C15H23BN2O3/c1-10(2)13(19)15(3,4)17-12-7-5-11(6-8-12)9-21-14(20)18-16/h5-8,10,17H,9,16H2,1-4H3,(H,18,20). The number of benzene rings is 1. The van der Waals surface area contributed by atoms with Gasteiger partial charge in [-0.2, -0.15) is 0 Å². The van der Waals surface area contributed by atoms with Crippen molar-refractivity contribution < 1.29 is 14.3 Å². The van der Waals surface area contributed by atoms with Crippen molar-refractivity contribution in [3.63, 3.8) is 0 Å². The number of ether oxygens (including phenoxy) is 1. The summed E-state index contributed by atoms with van der Waals surface area (Å²) in [6, 6.07) is 7.47. The summed E-state index contributed by atoms with van der Waals surface area (Å²) in [5, 5.41) is 5.62. The van der Waals surface area contributed by atoms with E-state index in [-0.39, 0.29) is 18.3 Å². The van der Waals surface area contributed by atoms with Crippen LogP contribution >= 0.6 is 0 Å². The minimum Gasteiger partial charge on any atom is -0.446 e. The quantitative estimate of drug-likeness (QED) is 0.785. The van der Waals surface area contributed by atoms with Gasteiger partial charge in [0, 0.05) is 11.6 Å². The van der Waals surface area contributed by atoms with Gasteiger partial charge in [0.25, 0.3) is 0 Å². The number of carbonyl (C=O) groups excluding carboxylic acids is 2. The zero-order valence-corrected chi connectivity index (χ0v) is 13.3. The van der Waals surface area contributed by atoms with Crippen molar-refractivity contribution in [3.05, 3.63) is 29.8 Å². The molecule has 1 aromatic carbocycles. The molecule has 2 N–H and O–H groups in total. The molecule has 0 aliphatic rings. The van der Waals surface area contributed by atoms with Crippen molar-refractivity contribution in [2.45, 2.75) is 39.8 Å². The first kappa shape index (κ1) is 17.1. The van der Waals surface area contributed by atoms with Crippen molar-refractivity contribution in [1.29, 1.82) is 0 Å². The van der Waals surface area contributed by atoms with Crippen molar-refractivity contribution in [2.24, 2.45) is 5.92 Å². The molecule has 0 aromatic heterocycles. The number of amides is 1. The first-order chi connectivity index (χ1) is 9.76. The first-order valence-corrected chi connectivity index (χ1v) is 7.02. The van der Waals surface area contributed by atoms with Gasteiger partial charge in [0.2, 0.25) is 7.98 Å². The number of nitrogens with one attached hydrogen (secondary N) is 2. The molecule has 6 heteroatoms. The molecule has 0 aliphatic heterocycles. The molecule has 0 saturated carbocycles.